The molecule has 3 amide bonds. The van der Waals surface area contributed by atoms with E-state index in [0.29, 0.717) is 11.4 Å². The van der Waals surface area contributed by atoms with E-state index >= 15 is 0 Å². The quantitative estimate of drug-likeness (QED) is 0.343. The van der Waals surface area contributed by atoms with Crippen molar-refractivity contribution in [2.24, 2.45) is 0 Å². The number of urea groups is 1. The van der Waals surface area contributed by atoms with Crippen LogP contribution in [0.15, 0.2) is 54.7 Å². The van der Waals surface area contributed by atoms with Gasteiger partial charge in [-0.05, 0) is 23.1 Å². The van der Waals surface area contributed by atoms with Crippen molar-refractivity contribution in [3.8, 4) is 0 Å². The van der Waals surface area contributed by atoms with Crippen molar-refractivity contribution >= 4 is 58.0 Å². The predicted octanol–water partition coefficient (Wildman–Crippen LogP) is 4.91. The van der Waals surface area contributed by atoms with Gasteiger partial charge in [0, 0.05) is 25.2 Å². The molecular formula is C23H22ClFN4O5S. The number of hydrogen-bond acceptors (Lipinski definition) is 6. The van der Waals surface area contributed by atoms with Crippen LogP contribution in [-0.2, 0) is 16.1 Å². The maximum Gasteiger partial charge on any atom is 0.413 e. The van der Waals surface area contributed by atoms with Crippen LogP contribution in [0.1, 0.15) is 12.0 Å². The zero-order chi connectivity index (χ0) is 25.4. The van der Waals surface area contributed by atoms with E-state index in [9.17, 15) is 23.9 Å². The summed E-state index contributed by atoms with van der Waals surface area (Å²) in [6.07, 6.45) is 0.446. The minimum absolute atomic E-state index is 0.0537. The van der Waals surface area contributed by atoms with E-state index in [0.717, 1.165) is 27.4 Å². The standard InChI is InChI=1S/C23H22ClFN4O5S/c1-29(22(32)27-12-16-7-4-8-17(25)21(16)24)19(10-20(30)31)35-13-34-23(33)28-18-9-14-5-2-3-6-15(14)11-26-18/h2-9,11,19H,10,12-13H2,1H3,(H,27,32)(H,30,31)(H,26,28,33)/t19-/m1/s1. The fourth-order valence-electron chi connectivity index (χ4n) is 3.03. The van der Waals surface area contributed by atoms with Gasteiger partial charge in [-0.1, -0.05) is 59.8 Å². The third-order valence-corrected chi connectivity index (χ3v) is 6.42. The first-order valence-electron chi connectivity index (χ1n) is 10.3. The van der Waals surface area contributed by atoms with Gasteiger partial charge in [-0.25, -0.2) is 19.0 Å². The number of rotatable bonds is 9. The molecule has 2 aromatic carbocycles. The van der Waals surface area contributed by atoms with Gasteiger partial charge in [0.15, 0.2) is 0 Å². The number of benzene rings is 2. The Balaban J connectivity index is 1.52. The summed E-state index contributed by atoms with van der Waals surface area (Å²) in [6.45, 7) is -0.0537. The number of aliphatic carboxylic acids is 1. The molecule has 35 heavy (non-hydrogen) atoms. The Hall–Kier alpha value is -3.57. The van der Waals surface area contributed by atoms with Crippen molar-refractivity contribution in [3.05, 3.63) is 71.1 Å². The first-order valence-corrected chi connectivity index (χ1v) is 11.7. The van der Waals surface area contributed by atoms with E-state index in [1.54, 1.807) is 18.3 Å². The summed E-state index contributed by atoms with van der Waals surface area (Å²) in [7, 11) is 1.40. The second kappa shape index (κ2) is 12.2. The lowest BCUT2D eigenvalue weighted by atomic mass is 10.2. The summed E-state index contributed by atoms with van der Waals surface area (Å²) >= 11 is 6.84. The van der Waals surface area contributed by atoms with Crippen molar-refractivity contribution < 1.29 is 28.6 Å². The Morgan fingerprint density at radius 2 is 1.94 bits per heavy atom. The Morgan fingerprint density at radius 1 is 1.20 bits per heavy atom. The van der Waals surface area contributed by atoms with Gasteiger partial charge in [0.25, 0.3) is 0 Å². The number of pyridine rings is 1. The number of thioether (sulfide) groups is 1. The van der Waals surface area contributed by atoms with Crippen LogP contribution in [0.5, 0.6) is 0 Å². The van der Waals surface area contributed by atoms with Crippen LogP contribution in [0.2, 0.25) is 5.02 Å². The number of ether oxygens (including phenoxy) is 1. The number of carbonyl (C=O) groups excluding carboxylic acids is 2. The van der Waals surface area contributed by atoms with Gasteiger partial charge in [-0.15, -0.1) is 0 Å². The van der Waals surface area contributed by atoms with Crippen LogP contribution in [0, 0.1) is 5.82 Å². The maximum atomic E-state index is 13.6. The Morgan fingerprint density at radius 3 is 2.69 bits per heavy atom. The first kappa shape index (κ1) is 26.0. The number of carboxylic acid groups (broad SMARTS) is 1. The highest BCUT2D eigenvalue weighted by Gasteiger charge is 2.24. The van der Waals surface area contributed by atoms with Gasteiger partial charge in [0.2, 0.25) is 0 Å². The molecule has 3 aromatic rings. The van der Waals surface area contributed by atoms with Crippen molar-refractivity contribution in [1.29, 1.82) is 0 Å². The van der Waals surface area contributed by atoms with Crippen LogP contribution < -0.4 is 10.6 Å². The van der Waals surface area contributed by atoms with Crippen molar-refractivity contribution in [2.45, 2.75) is 18.3 Å². The van der Waals surface area contributed by atoms with Crippen LogP contribution in [0.25, 0.3) is 10.8 Å². The van der Waals surface area contributed by atoms with Crippen LogP contribution in [-0.4, -0.2) is 51.4 Å². The number of halogens is 2. The lowest BCUT2D eigenvalue weighted by Gasteiger charge is -2.26. The number of nitrogens with one attached hydrogen (secondary N) is 2. The van der Waals surface area contributed by atoms with Crippen LogP contribution >= 0.6 is 23.4 Å². The Kier molecular flexibility index (Phi) is 9.10. The monoisotopic (exact) mass is 520 g/mol. The lowest BCUT2D eigenvalue weighted by molar-refractivity contribution is -0.137. The zero-order valence-corrected chi connectivity index (χ0v) is 20.1. The second-order valence-corrected chi connectivity index (χ2v) is 8.78. The second-order valence-electron chi connectivity index (χ2n) is 7.29. The summed E-state index contributed by atoms with van der Waals surface area (Å²) in [5.74, 6) is -1.67. The molecule has 1 heterocycles. The maximum absolute atomic E-state index is 13.6. The van der Waals surface area contributed by atoms with Crippen molar-refractivity contribution in [2.75, 3.05) is 18.3 Å². The molecule has 1 atom stereocenters. The van der Waals surface area contributed by atoms with Crippen molar-refractivity contribution in [3.63, 3.8) is 0 Å². The number of aromatic nitrogens is 1. The van der Waals surface area contributed by atoms with E-state index in [1.165, 1.54) is 19.2 Å². The molecule has 0 radical (unpaired) electrons. The summed E-state index contributed by atoms with van der Waals surface area (Å²) < 4.78 is 18.7. The van der Waals surface area contributed by atoms with Crippen LogP contribution in [0.3, 0.4) is 0 Å². The molecule has 12 heteroatoms. The number of carbonyl (C=O) groups is 3. The SMILES string of the molecule is CN(C(=O)NCc1cccc(F)c1Cl)[C@@H](CC(=O)O)SCOC(=O)Nc1cc2ccccc2cn1. The zero-order valence-electron chi connectivity index (χ0n) is 18.5. The van der Waals surface area contributed by atoms with Gasteiger partial charge in [-0.2, -0.15) is 0 Å². The number of carboxylic acids is 1. The molecule has 0 bridgehead atoms. The summed E-state index contributed by atoms with van der Waals surface area (Å²) in [4.78, 5) is 41.3. The molecule has 3 N–H and O–H groups in total. The molecule has 0 aliphatic carbocycles. The smallest absolute Gasteiger partial charge is 0.413 e. The first-order chi connectivity index (χ1) is 16.7. The van der Waals surface area contributed by atoms with Crippen molar-refractivity contribution in [1.82, 2.24) is 15.2 Å². The highest BCUT2D eigenvalue weighted by atomic mass is 35.5. The Bertz CT molecular complexity index is 1230. The Labute approximate surface area is 209 Å². The molecule has 0 saturated heterocycles. The minimum atomic E-state index is -1.14. The highest BCUT2D eigenvalue weighted by molar-refractivity contribution is 7.99. The van der Waals surface area contributed by atoms with E-state index in [1.807, 2.05) is 24.3 Å². The van der Waals surface area contributed by atoms with Gasteiger partial charge in [0.05, 0.1) is 16.8 Å². The van der Waals surface area contributed by atoms with E-state index in [-0.39, 0.29) is 17.5 Å². The van der Waals surface area contributed by atoms with Crippen LogP contribution in [0.4, 0.5) is 19.8 Å². The van der Waals surface area contributed by atoms with Gasteiger partial charge >= 0.3 is 18.1 Å². The molecular weight excluding hydrogens is 499 g/mol. The number of amides is 3. The highest BCUT2D eigenvalue weighted by Crippen LogP contribution is 2.22. The molecule has 0 spiro atoms. The summed E-state index contributed by atoms with van der Waals surface area (Å²) in [6, 6.07) is 12.8. The summed E-state index contributed by atoms with van der Waals surface area (Å²) in [5.41, 5.74) is 0.373. The average molecular weight is 521 g/mol. The molecule has 0 fully saturated rings. The minimum Gasteiger partial charge on any atom is -0.481 e. The lowest BCUT2D eigenvalue weighted by Crippen LogP contribution is -2.43. The molecule has 0 saturated carbocycles. The van der Waals surface area contributed by atoms with E-state index in [2.05, 4.69) is 15.6 Å². The van der Waals surface area contributed by atoms with Gasteiger partial charge < -0.3 is 20.1 Å². The fourth-order valence-corrected chi connectivity index (χ4v) is 4.13. The topological polar surface area (TPSA) is 121 Å². The van der Waals surface area contributed by atoms with Gasteiger partial charge in [-0.3, -0.25) is 10.1 Å². The number of hydrogen-bond donors (Lipinski definition) is 3. The number of fused-ring (bicyclic) bond motifs is 1. The third kappa shape index (κ3) is 7.46. The number of anilines is 1. The molecule has 1 aromatic heterocycles. The fraction of sp³-hybridized carbons (Fsp3) is 0.217. The molecule has 9 nitrogen and oxygen atoms in total. The third-order valence-electron chi connectivity index (χ3n) is 4.87. The number of nitrogens with zero attached hydrogens (tertiary/aromatic N) is 2. The van der Waals surface area contributed by atoms with E-state index in [4.69, 9.17) is 16.3 Å². The molecule has 3 rings (SSSR count). The predicted molar refractivity (Wildman–Crippen MR) is 132 cm³/mol. The van der Waals surface area contributed by atoms with Gasteiger partial charge in [0.1, 0.15) is 17.6 Å². The average Bonchev–Trinajstić information content (AvgIpc) is 2.83. The van der Waals surface area contributed by atoms with E-state index < -0.39 is 35.7 Å². The summed E-state index contributed by atoms with van der Waals surface area (Å²) in [5, 5.41) is 15.2. The molecule has 184 valence electrons. The normalized spacial score (nSPS) is 11.5. The molecule has 0 aliphatic rings. The largest absolute Gasteiger partial charge is 0.481 e. The molecule has 0 unspecified atom stereocenters. The molecule has 0 aliphatic heterocycles.